The lowest BCUT2D eigenvalue weighted by atomic mass is 10.2. The fourth-order valence-corrected chi connectivity index (χ4v) is 4.36. The van der Waals surface area contributed by atoms with E-state index in [0.717, 1.165) is 15.4 Å². The van der Waals surface area contributed by atoms with Crippen molar-refractivity contribution in [2.45, 2.75) is 11.7 Å². The summed E-state index contributed by atoms with van der Waals surface area (Å²) in [6.45, 7) is 4.20. The number of anilines is 1. The van der Waals surface area contributed by atoms with Gasteiger partial charge >= 0.3 is 5.97 Å². The highest BCUT2D eigenvalue weighted by molar-refractivity contribution is 9.10. The molecule has 2 aromatic heterocycles. The largest absolute Gasteiger partial charge is 0.478 e. The second kappa shape index (κ2) is 9.82. The van der Waals surface area contributed by atoms with Crippen molar-refractivity contribution in [1.29, 1.82) is 0 Å². The van der Waals surface area contributed by atoms with Gasteiger partial charge in [-0.05, 0) is 42.5 Å². The van der Waals surface area contributed by atoms with Gasteiger partial charge in [0.2, 0.25) is 11.7 Å². The fraction of sp³-hybridized carbons (Fsp3) is 0.0909. The molecule has 0 bridgehead atoms. The summed E-state index contributed by atoms with van der Waals surface area (Å²) in [5, 5.41) is 21.9. The number of halogens is 2. The first-order valence-corrected chi connectivity index (χ1v) is 11.7. The Morgan fingerprint density at radius 3 is 2.82 bits per heavy atom. The Labute approximate surface area is 205 Å². The van der Waals surface area contributed by atoms with Crippen LogP contribution in [0.4, 0.5) is 5.69 Å². The molecule has 168 valence electrons. The molecule has 0 aliphatic carbocycles. The Hall–Kier alpha value is -3.08. The van der Waals surface area contributed by atoms with Gasteiger partial charge in [-0.15, -0.1) is 16.8 Å². The molecule has 8 nitrogen and oxygen atoms in total. The lowest BCUT2D eigenvalue weighted by Crippen LogP contribution is -2.15. The number of aromatic carboxylic acids is 1. The van der Waals surface area contributed by atoms with E-state index in [1.165, 1.54) is 30.0 Å². The summed E-state index contributed by atoms with van der Waals surface area (Å²) in [5.74, 6) is -0.406. The van der Waals surface area contributed by atoms with Gasteiger partial charge in [0.05, 0.1) is 22.0 Å². The number of allylic oxidation sites excluding steroid dienone is 1. The Morgan fingerprint density at radius 2 is 2.06 bits per heavy atom. The summed E-state index contributed by atoms with van der Waals surface area (Å²) in [5.41, 5.74) is 0.967. The maximum absolute atomic E-state index is 12.5. The van der Waals surface area contributed by atoms with Crippen LogP contribution in [0.25, 0.3) is 22.6 Å². The summed E-state index contributed by atoms with van der Waals surface area (Å²) < 4.78 is 8.67. The average molecular weight is 548 g/mol. The van der Waals surface area contributed by atoms with Crippen LogP contribution in [-0.4, -0.2) is 37.5 Å². The van der Waals surface area contributed by atoms with Crippen LogP contribution < -0.4 is 5.32 Å². The van der Waals surface area contributed by atoms with Crippen LogP contribution in [0.1, 0.15) is 10.4 Å². The number of aromatic nitrogens is 3. The van der Waals surface area contributed by atoms with Crippen molar-refractivity contribution >= 4 is 67.8 Å². The molecular formula is C22H16BrClN4O4S. The molecule has 4 rings (SSSR count). The van der Waals surface area contributed by atoms with E-state index < -0.39 is 5.97 Å². The molecule has 1 amide bonds. The third kappa shape index (κ3) is 5.13. The number of carbonyl (C=O) groups is 2. The minimum absolute atomic E-state index is 0.00990. The molecule has 2 heterocycles. The zero-order valence-electron chi connectivity index (χ0n) is 16.9. The van der Waals surface area contributed by atoms with Crippen molar-refractivity contribution in [1.82, 2.24) is 14.8 Å². The number of fused-ring (bicyclic) bond motifs is 1. The zero-order valence-corrected chi connectivity index (χ0v) is 20.1. The predicted octanol–water partition coefficient (Wildman–Crippen LogP) is 5.72. The molecule has 0 atom stereocenters. The van der Waals surface area contributed by atoms with Crippen molar-refractivity contribution in [3.05, 3.63) is 70.2 Å². The van der Waals surface area contributed by atoms with Crippen molar-refractivity contribution in [3.8, 4) is 11.6 Å². The number of carbonyl (C=O) groups excluding carboxylic acids is 1. The van der Waals surface area contributed by atoms with E-state index in [1.807, 2.05) is 24.3 Å². The lowest BCUT2D eigenvalue weighted by molar-refractivity contribution is -0.113. The van der Waals surface area contributed by atoms with E-state index in [4.69, 9.17) is 21.1 Å². The van der Waals surface area contributed by atoms with Gasteiger partial charge in [-0.1, -0.05) is 45.4 Å². The molecule has 11 heteroatoms. The number of furan rings is 1. The number of carboxylic acids is 1. The normalized spacial score (nSPS) is 11.0. The fourth-order valence-electron chi connectivity index (χ4n) is 3.07. The van der Waals surface area contributed by atoms with E-state index in [0.29, 0.717) is 23.3 Å². The van der Waals surface area contributed by atoms with Gasteiger partial charge in [-0.3, -0.25) is 9.36 Å². The van der Waals surface area contributed by atoms with E-state index >= 15 is 0 Å². The topological polar surface area (TPSA) is 110 Å². The summed E-state index contributed by atoms with van der Waals surface area (Å²) in [7, 11) is 0. The van der Waals surface area contributed by atoms with Crippen LogP contribution in [0, 0.1) is 0 Å². The molecule has 2 aromatic carbocycles. The van der Waals surface area contributed by atoms with Gasteiger partial charge in [0.15, 0.2) is 10.9 Å². The molecular weight excluding hydrogens is 532 g/mol. The highest BCUT2D eigenvalue weighted by Gasteiger charge is 2.19. The number of benzene rings is 2. The van der Waals surface area contributed by atoms with Crippen LogP contribution in [0.2, 0.25) is 5.02 Å². The van der Waals surface area contributed by atoms with Gasteiger partial charge in [0.25, 0.3) is 0 Å². The number of hydrogen-bond donors (Lipinski definition) is 2. The molecule has 4 aromatic rings. The Morgan fingerprint density at radius 1 is 1.24 bits per heavy atom. The number of thioether (sulfide) groups is 1. The smallest absolute Gasteiger partial charge is 0.335 e. The van der Waals surface area contributed by atoms with Crippen LogP contribution in [0.15, 0.2) is 69.2 Å². The molecule has 0 radical (unpaired) electrons. The quantitative estimate of drug-likeness (QED) is 0.214. The molecule has 2 N–H and O–H groups in total. The number of amides is 1. The minimum atomic E-state index is -1.11. The first kappa shape index (κ1) is 23.1. The molecule has 0 unspecified atom stereocenters. The third-order valence-corrected chi connectivity index (χ3v) is 6.34. The summed E-state index contributed by atoms with van der Waals surface area (Å²) in [6, 6.07) is 11.7. The standard InChI is InChI=1S/C22H16BrClN4O4S/c1-2-7-28-20(18-10-13-8-14(23)4-6-17(13)32-18)26-27-22(28)33-11-19(29)25-16-9-12(21(30)31)3-5-15(16)24/h2-6,8-10H,1,7,11H2,(H,25,29)(H,30,31). The zero-order chi connectivity index (χ0) is 23.5. The average Bonchev–Trinajstić information content (AvgIpc) is 3.37. The molecule has 33 heavy (non-hydrogen) atoms. The van der Waals surface area contributed by atoms with Crippen LogP contribution in [0.5, 0.6) is 0 Å². The van der Waals surface area contributed by atoms with Crippen LogP contribution in [-0.2, 0) is 11.3 Å². The van der Waals surface area contributed by atoms with Crippen molar-refractivity contribution in [3.63, 3.8) is 0 Å². The molecule has 0 aliphatic heterocycles. The van der Waals surface area contributed by atoms with Gasteiger partial charge in [0.1, 0.15) is 5.58 Å². The van der Waals surface area contributed by atoms with Crippen molar-refractivity contribution in [2.24, 2.45) is 0 Å². The highest BCUT2D eigenvalue weighted by atomic mass is 79.9. The molecule has 0 spiro atoms. The lowest BCUT2D eigenvalue weighted by Gasteiger charge is -2.09. The summed E-state index contributed by atoms with van der Waals surface area (Å²) >= 11 is 10.7. The number of nitrogens with zero attached hydrogens (tertiary/aromatic N) is 3. The summed E-state index contributed by atoms with van der Waals surface area (Å²) in [6.07, 6.45) is 1.70. The van der Waals surface area contributed by atoms with Crippen LogP contribution >= 0.6 is 39.3 Å². The van der Waals surface area contributed by atoms with E-state index in [-0.39, 0.29) is 27.9 Å². The molecule has 0 saturated heterocycles. The Bertz CT molecular complexity index is 1380. The van der Waals surface area contributed by atoms with Crippen LogP contribution in [0.3, 0.4) is 0 Å². The third-order valence-electron chi connectivity index (χ3n) is 4.55. The first-order valence-electron chi connectivity index (χ1n) is 9.54. The number of nitrogens with one attached hydrogen (secondary N) is 1. The van der Waals surface area contributed by atoms with E-state index in [9.17, 15) is 9.59 Å². The maximum Gasteiger partial charge on any atom is 0.335 e. The highest BCUT2D eigenvalue weighted by Crippen LogP contribution is 2.31. The van der Waals surface area contributed by atoms with Gasteiger partial charge in [-0.25, -0.2) is 4.79 Å². The maximum atomic E-state index is 12.5. The second-order valence-corrected chi connectivity index (χ2v) is 9.10. The SMILES string of the molecule is C=CCn1c(SCC(=O)Nc2cc(C(=O)O)ccc2Cl)nnc1-c1cc2cc(Br)ccc2o1. The number of carboxylic acid groups (broad SMARTS) is 1. The van der Waals surface area contributed by atoms with E-state index in [1.54, 1.807) is 10.6 Å². The number of rotatable bonds is 8. The van der Waals surface area contributed by atoms with Gasteiger partial charge in [-0.2, -0.15) is 0 Å². The molecule has 0 saturated carbocycles. The first-order chi connectivity index (χ1) is 15.9. The van der Waals surface area contributed by atoms with Crippen molar-refractivity contribution < 1.29 is 19.1 Å². The van der Waals surface area contributed by atoms with Gasteiger partial charge < -0.3 is 14.8 Å². The second-order valence-electron chi connectivity index (χ2n) is 6.83. The number of hydrogen-bond acceptors (Lipinski definition) is 6. The molecule has 0 aliphatic rings. The van der Waals surface area contributed by atoms with E-state index in [2.05, 4.69) is 38.0 Å². The van der Waals surface area contributed by atoms with Crippen molar-refractivity contribution in [2.75, 3.05) is 11.1 Å². The predicted molar refractivity (Wildman–Crippen MR) is 131 cm³/mol. The summed E-state index contributed by atoms with van der Waals surface area (Å²) in [4.78, 5) is 23.6. The Balaban J connectivity index is 1.52. The molecule has 0 fully saturated rings. The Kier molecular flexibility index (Phi) is 6.87. The van der Waals surface area contributed by atoms with Gasteiger partial charge in [0, 0.05) is 16.4 Å². The monoisotopic (exact) mass is 546 g/mol. The minimum Gasteiger partial charge on any atom is -0.478 e.